The minimum absolute atomic E-state index is 0.0256. The van der Waals surface area contributed by atoms with Crippen molar-refractivity contribution in [2.45, 2.75) is 46.7 Å². The first-order valence-corrected chi connectivity index (χ1v) is 9.17. The van der Waals surface area contributed by atoms with Crippen LogP contribution in [0.1, 0.15) is 52.0 Å². The lowest BCUT2D eigenvalue weighted by atomic mass is 9.90. The fourth-order valence-corrected chi connectivity index (χ4v) is 4.01. The van der Waals surface area contributed by atoms with Crippen molar-refractivity contribution < 1.29 is 23.2 Å². The van der Waals surface area contributed by atoms with Gasteiger partial charge < -0.3 is 5.32 Å². The summed E-state index contributed by atoms with van der Waals surface area (Å²) in [4.78, 5) is 38.8. The molecule has 1 N–H and O–H groups in total. The Morgan fingerprint density at radius 3 is 2.31 bits per heavy atom. The fraction of sp³-hybridized carbons (Fsp3) is 0.318. The summed E-state index contributed by atoms with van der Waals surface area (Å²) in [6, 6.07) is 4.33. The van der Waals surface area contributed by atoms with E-state index < -0.39 is 29.1 Å². The van der Waals surface area contributed by atoms with E-state index in [1.165, 1.54) is 19.9 Å². The Balaban J connectivity index is 2.01. The number of halogens is 2. The van der Waals surface area contributed by atoms with E-state index in [2.05, 4.69) is 5.32 Å². The van der Waals surface area contributed by atoms with E-state index in [0.29, 0.717) is 11.1 Å². The molecule has 1 saturated heterocycles. The predicted octanol–water partition coefficient (Wildman–Crippen LogP) is 4.06. The number of carbonyl (C=O) groups excluding carboxylic acids is 3. The molecule has 3 rings (SSSR count). The molecule has 1 fully saturated rings. The number of urea groups is 1. The highest BCUT2D eigenvalue weighted by Crippen LogP contribution is 2.32. The van der Waals surface area contributed by atoms with Gasteiger partial charge in [0.25, 0.3) is 5.91 Å². The molecule has 0 bridgehead atoms. The summed E-state index contributed by atoms with van der Waals surface area (Å²) in [7, 11) is 0. The molecule has 0 saturated carbocycles. The Bertz CT molecular complexity index is 1060. The number of hydrogen-bond acceptors (Lipinski definition) is 3. The van der Waals surface area contributed by atoms with Crippen LogP contribution < -0.4 is 5.32 Å². The quantitative estimate of drug-likeness (QED) is 0.622. The molecule has 2 aromatic rings. The second-order valence-electron chi connectivity index (χ2n) is 7.62. The molecule has 7 heteroatoms. The highest BCUT2D eigenvalue weighted by molar-refractivity contribution is 6.07. The monoisotopic (exact) mass is 400 g/mol. The van der Waals surface area contributed by atoms with Crippen LogP contribution in [0.3, 0.4) is 0 Å². The van der Waals surface area contributed by atoms with Crippen LogP contribution >= 0.6 is 0 Å². The molecule has 1 aliphatic heterocycles. The highest BCUT2D eigenvalue weighted by atomic mass is 19.2. The molecule has 29 heavy (non-hydrogen) atoms. The number of ketones is 1. The largest absolute Gasteiger partial charge is 0.325 e. The van der Waals surface area contributed by atoms with E-state index in [1.54, 1.807) is 6.92 Å². The van der Waals surface area contributed by atoms with Crippen LogP contribution in [0.5, 0.6) is 0 Å². The average molecular weight is 400 g/mol. The van der Waals surface area contributed by atoms with Crippen LogP contribution in [-0.2, 0) is 16.9 Å². The van der Waals surface area contributed by atoms with E-state index in [4.69, 9.17) is 0 Å². The Labute approximate surface area is 167 Å². The molecule has 0 aromatic heterocycles. The van der Waals surface area contributed by atoms with Crippen molar-refractivity contribution in [3.8, 4) is 0 Å². The smallest absolute Gasteiger partial charge is 0.319 e. The number of rotatable bonds is 4. The highest BCUT2D eigenvalue weighted by Gasteiger charge is 2.49. The number of imide groups is 1. The topological polar surface area (TPSA) is 66.5 Å². The van der Waals surface area contributed by atoms with Gasteiger partial charge in [-0.3, -0.25) is 14.5 Å². The molecule has 1 atom stereocenters. The first-order valence-electron chi connectivity index (χ1n) is 9.17. The number of nitrogens with zero attached hydrogens (tertiary/aromatic N) is 1. The Morgan fingerprint density at radius 1 is 1.07 bits per heavy atom. The van der Waals surface area contributed by atoms with Gasteiger partial charge >= 0.3 is 6.03 Å². The Hall–Kier alpha value is -3.09. The van der Waals surface area contributed by atoms with Gasteiger partial charge in [-0.2, -0.15) is 0 Å². The third-order valence-corrected chi connectivity index (χ3v) is 5.57. The van der Waals surface area contributed by atoms with Crippen molar-refractivity contribution in [2.24, 2.45) is 0 Å². The van der Waals surface area contributed by atoms with Crippen molar-refractivity contribution in [1.82, 2.24) is 10.2 Å². The number of amides is 3. The van der Waals surface area contributed by atoms with Crippen molar-refractivity contribution in [2.75, 3.05) is 0 Å². The summed E-state index contributed by atoms with van der Waals surface area (Å²) in [6.07, 6.45) is 0. The second-order valence-corrected chi connectivity index (χ2v) is 7.62. The standard InChI is InChI=1S/C22H22F2N2O3/c1-11-8-12(2)19(14(4)27)13(3)16(11)10-26-20(28)22(5,25-21(26)29)15-6-7-17(23)18(24)9-15/h6-9H,10H2,1-5H3,(H,25,29)/t22-/m0/s1. The maximum atomic E-state index is 13.7. The van der Waals surface area contributed by atoms with E-state index in [-0.39, 0.29) is 17.9 Å². The number of Topliss-reactive ketones (excluding diaryl/α,β-unsaturated/α-hetero) is 1. The Morgan fingerprint density at radius 2 is 1.72 bits per heavy atom. The third kappa shape index (κ3) is 3.30. The van der Waals surface area contributed by atoms with Crippen LogP contribution in [0, 0.1) is 32.4 Å². The van der Waals surface area contributed by atoms with Crippen LogP contribution in [0.4, 0.5) is 13.6 Å². The minimum atomic E-state index is -1.51. The van der Waals surface area contributed by atoms with Gasteiger partial charge in [0.2, 0.25) is 0 Å². The predicted molar refractivity (Wildman–Crippen MR) is 103 cm³/mol. The first-order chi connectivity index (χ1) is 13.5. The molecular formula is C22H22F2N2O3. The zero-order chi connectivity index (χ0) is 21.7. The molecule has 3 amide bonds. The molecule has 0 spiro atoms. The summed E-state index contributed by atoms with van der Waals surface area (Å²) >= 11 is 0. The van der Waals surface area contributed by atoms with E-state index in [9.17, 15) is 23.2 Å². The van der Waals surface area contributed by atoms with Gasteiger partial charge in [0.15, 0.2) is 17.4 Å². The zero-order valence-electron chi connectivity index (χ0n) is 16.9. The number of hydrogen-bond donors (Lipinski definition) is 1. The molecule has 0 radical (unpaired) electrons. The number of benzene rings is 2. The lowest BCUT2D eigenvalue weighted by molar-refractivity contribution is -0.131. The second kappa shape index (κ2) is 7.06. The van der Waals surface area contributed by atoms with Gasteiger partial charge in [-0.25, -0.2) is 13.6 Å². The van der Waals surface area contributed by atoms with Crippen molar-refractivity contribution in [3.05, 3.63) is 69.3 Å². The van der Waals surface area contributed by atoms with Crippen molar-refractivity contribution in [1.29, 1.82) is 0 Å². The van der Waals surface area contributed by atoms with E-state index in [1.807, 2.05) is 19.9 Å². The van der Waals surface area contributed by atoms with E-state index >= 15 is 0 Å². The van der Waals surface area contributed by atoms with Crippen molar-refractivity contribution in [3.63, 3.8) is 0 Å². The van der Waals surface area contributed by atoms with Gasteiger partial charge in [0.1, 0.15) is 5.54 Å². The third-order valence-electron chi connectivity index (χ3n) is 5.57. The SMILES string of the molecule is CC(=O)c1c(C)cc(C)c(CN2C(=O)N[C@@](C)(c3ccc(F)c(F)c3)C2=O)c1C. The maximum Gasteiger partial charge on any atom is 0.325 e. The lowest BCUT2D eigenvalue weighted by Gasteiger charge is -2.23. The summed E-state index contributed by atoms with van der Waals surface area (Å²) in [5.74, 6) is -2.79. The number of carbonyl (C=O) groups is 3. The average Bonchev–Trinajstić information content (AvgIpc) is 2.83. The normalized spacial score (nSPS) is 18.9. The number of nitrogens with one attached hydrogen (secondary N) is 1. The Kier molecular flexibility index (Phi) is 5.03. The summed E-state index contributed by atoms with van der Waals surface area (Å²) in [5, 5.41) is 2.58. The molecule has 2 aromatic carbocycles. The first kappa shape index (κ1) is 20.6. The van der Waals surface area contributed by atoms with Gasteiger partial charge in [0.05, 0.1) is 6.54 Å². The molecule has 1 aliphatic rings. The summed E-state index contributed by atoms with van der Waals surface area (Å²) in [6.45, 7) is 8.39. The summed E-state index contributed by atoms with van der Waals surface area (Å²) in [5.41, 5.74) is 2.32. The fourth-order valence-electron chi connectivity index (χ4n) is 4.01. The molecular weight excluding hydrogens is 378 g/mol. The van der Waals surface area contributed by atoms with Crippen molar-refractivity contribution >= 4 is 17.7 Å². The van der Waals surface area contributed by atoms with Gasteiger partial charge in [-0.05, 0) is 74.6 Å². The molecule has 0 aliphatic carbocycles. The molecule has 152 valence electrons. The zero-order valence-corrected chi connectivity index (χ0v) is 16.9. The van der Waals surface area contributed by atoms with Crippen LogP contribution in [-0.4, -0.2) is 22.6 Å². The maximum absolute atomic E-state index is 13.7. The minimum Gasteiger partial charge on any atom is -0.319 e. The molecule has 1 heterocycles. The molecule has 0 unspecified atom stereocenters. The summed E-state index contributed by atoms with van der Waals surface area (Å²) < 4.78 is 27.0. The number of aryl methyl sites for hydroxylation is 2. The van der Waals surface area contributed by atoms with Gasteiger partial charge in [0, 0.05) is 5.56 Å². The van der Waals surface area contributed by atoms with Crippen LogP contribution in [0.15, 0.2) is 24.3 Å². The van der Waals surface area contributed by atoms with Crippen LogP contribution in [0.25, 0.3) is 0 Å². The van der Waals surface area contributed by atoms with Crippen LogP contribution in [0.2, 0.25) is 0 Å². The van der Waals surface area contributed by atoms with Gasteiger partial charge in [-0.1, -0.05) is 12.1 Å². The lowest BCUT2D eigenvalue weighted by Crippen LogP contribution is -2.41. The van der Waals surface area contributed by atoms with E-state index in [0.717, 1.165) is 33.7 Å². The molecule has 5 nitrogen and oxygen atoms in total. The van der Waals surface area contributed by atoms with Gasteiger partial charge in [-0.15, -0.1) is 0 Å².